The van der Waals surface area contributed by atoms with Crippen molar-refractivity contribution in [2.45, 2.75) is 24.9 Å². The molecule has 2 heterocycles. The van der Waals surface area contributed by atoms with E-state index in [0.717, 1.165) is 17.5 Å². The third-order valence-electron chi connectivity index (χ3n) is 4.24. The molecule has 0 unspecified atom stereocenters. The van der Waals surface area contributed by atoms with Crippen LogP contribution in [0.2, 0.25) is 0 Å². The summed E-state index contributed by atoms with van der Waals surface area (Å²) in [6.07, 6.45) is 2.96. The molecular formula is C9H16N2. The van der Waals surface area contributed by atoms with Crippen molar-refractivity contribution in [2.75, 3.05) is 27.2 Å². The predicted molar refractivity (Wildman–Crippen MR) is 44.5 cm³/mol. The minimum absolute atomic E-state index is 0.767. The molecule has 2 nitrogen and oxygen atoms in total. The summed E-state index contributed by atoms with van der Waals surface area (Å²) in [6, 6.07) is 1.86. The lowest BCUT2D eigenvalue weighted by molar-refractivity contribution is -0.162. The van der Waals surface area contributed by atoms with Crippen molar-refractivity contribution in [2.24, 2.45) is 5.41 Å². The first-order valence-corrected chi connectivity index (χ1v) is 4.64. The van der Waals surface area contributed by atoms with Gasteiger partial charge in [-0.2, -0.15) is 0 Å². The van der Waals surface area contributed by atoms with Crippen LogP contribution in [0.15, 0.2) is 0 Å². The second-order valence-corrected chi connectivity index (χ2v) is 4.67. The van der Waals surface area contributed by atoms with Crippen molar-refractivity contribution >= 4 is 0 Å². The molecule has 0 amide bonds. The van der Waals surface area contributed by atoms with Gasteiger partial charge in [0.05, 0.1) is 0 Å². The number of hydrogen-bond acceptors (Lipinski definition) is 2. The Morgan fingerprint density at radius 2 is 2.09 bits per heavy atom. The normalized spacial score (nSPS) is 56.2. The molecule has 2 aliphatic heterocycles. The van der Waals surface area contributed by atoms with Crippen molar-refractivity contribution in [1.29, 1.82) is 0 Å². The zero-order chi connectivity index (χ0) is 7.64. The van der Waals surface area contributed by atoms with Crippen LogP contribution in [-0.2, 0) is 0 Å². The highest BCUT2D eigenvalue weighted by molar-refractivity contribution is 5.21. The molecule has 0 bridgehead atoms. The monoisotopic (exact) mass is 152 g/mol. The van der Waals surface area contributed by atoms with Crippen molar-refractivity contribution in [3.8, 4) is 0 Å². The standard InChI is InChI=1S/C9H16N2/c1-10-5-8-9(6-10)4-3-7(9)11(8)2/h7-8H,3-6H2,1-2H3/t7-,8+,9+/m0/s1. The molecule has 3 aliphatic rings. The summed E-state index contributed by atoms with van der Waals surface area (Å²) in [5.41, 5.74) is 0.767. The average molecular weight is 152 g/mol. The third kappa shape index (κ3) is 0.510. The van der Waals surface area contributed by atoms with Crippen molar-refractivity contribution in [1.82, 2.24) is 9.80 Å². The van der Waals surface area contributed by atoms with Crippen LogP contribution in [0.25, 0.3) is 0 Å². The number of piperidine rings is 1. The quantitative estimate of drug-likeness (QED) is 0.495. The highest BCUT2D eigenvalue weighted by Crippen LogP contribution is 2.59. The van der Waals surface area contributed by atoms with E-state index in [0.29, 0.717) is 0 Å². The summed E-state index contributed by atoms with van der Waals surface area (Å²) in [7, 11) is 4.56. The summed E-state index contributed by atoms with van der Waals surface area (Å²) in [4.78, 5) is 5.09. The topological polar surface area (TPSA) is 6.48 Å². The zero-order valence-electron chi connectivity index (χ0n) is 7.38. The number of likely N-dealkylation sites (tertiary alicyclic amines) is 2. The fraction of sp³-hybridized carbons (Fsp3) is 1.00. The van der Waals surface area contributed by atoms with Crippen LogP contribution in [-0.4, -0.2) is 49.1 Å². The predicted octanol–water partition coefficient (Wildman–Crippen LogP) is 0.395. The Kier molecular flexibility index (Phi) is 0.961. The lowest BCUT2D eigenvalue weighted by Gasteiger charge is -2.66. The van der Waals surface area contributed by atoms with Gasteiger partial charge >= 0.3 is 0 Å². The van der Waals surface area contributed by atoms with Gasteiger partial charge in [-0.25, -0.2) is 0 Å². The van der Waals surface area contributed by atoms with Crippen LogP contribution in [0.3, 0.4) is 0 Å². The zero-order valence-corrected chi connectivity index (χ0v) is 7.38. The van der Waals surface area contributed by atoms with Gasteiger partial charge in [0.2, 0.25) is 0 Å². The Morgan fingerprint density at radius 1 is 1.27 bits per heavy atom. The molecule has 62 valence electrons. The molecule has 3 fully saturated rings. The van der Waals surface area contributed by atoms with E-state index in [4.69, 9.17) is 0 Å². The van der Waals surface area contributed by atoms with E-state index in [1.54, 1.807) is 0 Å². The Morgan fingerprint density at radius 3 is 2.64 bits per heavy atom. The second-order valence-electron chi connectivity index (χ2n) is 4.67. The maximum Gasteiger partial charge on any atom is 0.0306 e. The van der Waals surface area contributed by atoms with Gasteiger partial charge < -0.3 is 4.90 Å². The van der Waals surface area contributed by atoms with Crippen LogP contribution in [0.1, 0.15) is 12.8 Å². The molecule has 2 saturated heterocycles. The van der Waals surface area contributed by atoms with E-state index in [9.17, 15) is 0 Å². The average Bonchev–Trinajstić information content (AvgIpc) is 2.25. The van der Waals surface area contributed by atoms with E-state index in [2.05, 4.69) is 23.9 Å². The van der Waals surface area contributed by atoms with E-state index in [1.165, 1.54) is 25.9 Å². The SMILES string of the molecule is CN1C[C@H]2N(C)[C@H]3CC[C@@]32C1. The molecule has 0 aromatic rings. The lowest BCUT2D eigenvalue weighted by Crippen LogP contribution is -2.75. The Balaban J connectivity index is 1.90. The summed E-state index contributed by atoms with van der Waals surface area (Å²) in [5.74, 6) is 0. The number of likely N-dealkylation sites (N-methyl/N-ethyl adjacent to an activating group) is 2. The number of hydrogen-bond donors (Lipinski definition) is 0. The van der Waals surface area contributed by atoms with Crippen molar-refractivity contribution in [3.63, 3.8) is 0 Å². The Bertz CT molecular complexity index is 204. The number of nitrogens with zero attached hydrogens (tertiary/aromatic N) is 2. The largest absolute Gasteiger partial charge is 0.304 e. The van der Waals surface area contributed by atoms with E-state index < -0.39 is 0 Å². The minimum Gasteiger partial charge on any atom is -0.304 e. The summed E-state index contributed by atoms with van der Waals surface area (Å²) < 4.78 is 0. The molecular weight excluding hydrogens is 136 g/mol. The molecule has 1 aliphatic carbocycles. The van der Waals surface area contributed by atoms with Crippen LogP contribution >= 0.6 is 0 Å². The van der Waals surface area contributed by atoms with Gasteiger partial charge in [0.25, 0.3) is 0 Å². The molecule has 0 aromatic heterocycles. The Labute approximate surface area is 68.2 Å². The molecule has 0 N–H and O–H groups in total. The van der Waals surface area contributed by atoms with Crippen LogP contribution in [0, 0.1) is 5.41 Å². The maximum atomic E-state index is 2.59. The van der Waals surface area contributed by atoms with E-state index >= 15 is 0 Å². The van der Waals surface area contributed by atoms with Gasteiger partial charge in [-0.1, -0.05) is 0 Å². The minimum atomic E-state index is 0.767. The molecule has 0 radical (unpaired) electrons. The van der Waals surface area contributed by atoms with E-state index in [1.807, 2.05) is 0 Å². The summed E-state index contributed by atoms with van der Waals surface area (Å²) in [6.45, 7) is 2.68. The summed E-state index contributed by atoms with van der Waals surface area (Å²) in [5, 5.41) is 0. The van der Waals surface area contributed by atoms with Crippen LogP contribution in [0.5, 0.6) is 0 Å². The highest BCUT2D eigenvalue weighted by atomic mass is 15.4. The fourth-order valence-electron chi connectivity index (χ4n) is 3.65. The Hall–Kier alpha value is -0.0800. The van der Waals surface area contributed by atoms with Crippen molar-refractivity contribution in [3.05, 3.63) is 0 Å². The molecule has 1 spiro atoms. The van der Waals surface area contributed by atoms with Crippen LogP contribution < -0.4 is 0 Å². The van der Waals surface area contributed by atoms with Crippen molar-refractivity contribution < 1.29 is 0 Å². The molecule has 2 heteroatoms. The first-order chi connectivity index (χ1) is 5.24. The third-order valence-corrected chi connectivity index (χ3v) is 4.24. The summed E-state index contributed by atoms with van der Waals surface area (Å²) >= 11 is 0. The maximum absolute atomic E-state index is 2.59. The van der Waals surface area contributed by atoms with Gasteiger partial charge in [-0.15, -0.1) is 0 Å². The van der Waals surface area contributed by atoms with Gasteiger partial charge in [0.15, 0.2) is 0 Å². The molecule has 3 atom stereocenters. The molecule has 11 heavy (non-hydrogen) atoms. The molecule has 3 rings (SSSR count). The smallest absolute Gasteiger partial charge is 0.0306 e. The van der Waals surface area contributed by atoms with Gasteiger partial charge in [-0.05, 0) is 26.9 Å². The first-order valence-electron chi connectivity index (χ1n) is 4.64. The number of rotatable bonds is 0. The highest BCUT2D eigenvalue weighted by Gasteiger charge is 2.67. The molecule has 1 saturated carbocycles. The first kappa shape index (κ1) is 6.44. The second kappa shape index (κ2) is 1.64. The van der Waals surface area contributed by atoms with Crippen LogP contribution in [0.4, 0.5) is 0 Å². The van der Waals surface area contributed by atoms with Gasteiger partial charge in [0, 0.05) is 30.6 Å². The lowest BCUT2D eigenvalue weighted by atomic mass is 9.54. The van der Waals surface area contributed by atoms with Gasteiger partial charge in [-0.3, -0.25) is 4.90 Å². The fourth-order valence-corrected chi connectivity index (χ4v) is 3.65. The van der Waals surface area contributed by atoms with Gasteiger partial charge in [0.1, 0.15) is 0 Å². The molecule has 0 aromatic carbocycles. The van der Waals surface area contributed by atoms with E-state index in [-0.39, 0.29) is 0 Å².